The van der Waals surface area contributed by atoms with Crippen molar-refractivity contribution in [3.63, 3.8) is 0 Å². The van der Waals surface area contributed by atoms with E-state index in [4.69, 9.17) is 16.0 Å². The Morgan fingerprint density at radius 1 is 1.07 bits per heavy atom. The Bertz CT molecular complexity index is 1230. The van der Waals surface area contributed by atoms with Gasteiger partial charge in [0.15, 0.2) is 5.58 Å². The molecule has 0 amide bonds. The number of hydrogen-bond donors (Lipinski definition) is 1. The number of oxazole rings is 1. The maximum atomic E-state index is 10.2. The van der Waals surface area contributed by atoms with E-state index in [1.165, 1.54) is 0 Å². The fraction of sp³-hybridized carbons (Fsp3) is 0.0909. The number of fused-ring (bicyclic) bond motifs is 1. The van der Waals surface area contributed by atoms with Crippen LogP contribution in [0.3, 0.4) is 0 Å². The minimum atomic E-state index is 0.151. The average molecular weight is 456 g/mol. The summed E-state index contributed by atoms with van der Waals surface area (Å²) in [6, 6.07) is 14.9. The Hall–Kier alpha value is -2.63. The van der Waals surface area contributed by atoms with Crippen LogP contribution in [0.2, 0.25) is 5.02 Å². The van der Waals surface area contributed by atoms with E-state index in [0.29, 0.717) is 37.8 Å². The lowest BCUT2D eigenvalue weighted by molar-refractivity contribution is 0.471. The largest absolute Gasteiger partial charge is 0.506 e. The van der Waals surface area contributed by atoms with Gasteiger partial charge >= 0.3 is 0 Å². The van der Waals surface area contributed by atoms with Crippen LogP contribution >= 0.6 is 27.5 Å². The van der Waals surface area contributed by atoms with Crippen LogP contribution in [-0.2, 0) is 0 Å². The molecule has 0 spiro atoms. The standard InChI is InChI=1S/C22H16BrClN2O2/c1-12-3-6-20-19(9-12)26-22(28-20)16-10-15(4-5-18(16)24)25-11-14-7-13(2)8-17(23)21(14)27/h3-11,27H,1-2H3. The molecule has 140 valence electrons. The van der Waals surface area contributed by atoms with Gasteiger partial charge in [0.2, 0.25) is 5.89 Å². The van der Waals surface area contributed by atoms with Gasteiger partial charge in [0.1, 0.15) is 11.3 Å². The van der Waals surface area contributed by atoms with Gasteiger partial charge in [0.25, 0.3) is 0 Å². The third-order valence-electron chi connectivity index (χ3n) is 4.31. The molecule has 0 bridgehead atoms. The second kappa shape index (κ2) is 7.41. The number of phenols is 1. The molecular weight excluding hydrogens is 440 g/mol. The zero-order valence-electron chi connectivity index (χ0n) is 15.2. The van der Waals surface area contributed by atoms with Gasteiger partial charge in [-0.05, 0) is 83.4 Å². The number of aromatic nitrogens is 1. The first-order valence-electron chi connectivity index (χ1n) is 8.61. The predicted molar refractivity (Wildman–Crippen MR) is 117 cm³/mol. The predicted octanol–water partition coefficient (Wildman–Crippen LogP) is 6.98. The van der Waals surface area contributed by atoms with Crippen LogP contribution < -0.4 is 0 Å². The third kappa shape index (κ3) is 3.68. The highest BCUT2D eigenvalue weighted by molar-refractivity contribution is 9.10. The Balaban J connectivity index is 1.73. The van der Waals surface area contributed by atoms with E-state index in [0.717, 1.165) is 16.6 Å². The first kappa shape index (κ1) is 18.7. The first-order valence-corrected chi connectivity index (χ1v) is 9.78. The van der Waals surface area contributed by atoms with Crippen molar-refractivity contribution in [2.75, 3.05) is 0 Å². The zero-order valence-corrected chi connectivity index (χ0v) is 17.5. The van der Waals surface area contributed by atoms with E-state index in [-0.39, 0.29) is 5.75 Å². The number of nitrogens with zero attached hydrogens (tertiary/aromatic N) is 2. The van der Waals surface area contributed by atoms with E-state index in [9.17, 15) is 5.11 Å². The highest BCUT2D eigenvalue weighted by Crippen LogP contribution is 2.34. The number of benzene rings is 3. The van der Waals surface area contributed by atoms with E-state index in [2.05, 4.69) is 25.9 Å². The van der Waals surface area contributed by atoms with Gasteiger partial charge in [-0.25, -0.2) is 4.98 Å². The summed E-state index contributed by atoms with van der Waals surface area (Å²) in [6.45, 7) is 3.96. The highest BCUT2D eigenvalue weighted by Gasteiger charge is 2.13. The summed E-state index contributed by atoms with van der Waals surface area (Å²) in [4.78, 5) is 9.03. The molecule has 0 aliphatic rings. The number of aryl methyl sites for hydroxylation is 2. The van der Waals surface area contributed by atoms with E-state index in [1.807, 2.05) is 50.2 Å². The van der Waals surface area contributed by atoms with Gasteiger partial charge in [-0.3, -0.25) is 4.99 Å². The number of halogens is 2. The minimum absolute atomic E-state index is 0.151. The van der Waals surface area contributed by atoms with Crippen LogP contribution in [0.25, 0.3) is 22.6 Å². The molecule has 0 fully saturated rings. The molecule has 0 saturated heterocycles. The van der Waals surface area contributed by atoms with Crippen molar-refractivity contribution in [2.45, 2.75) is 13.8 Å². The van der Waals surface area contributed by atoms with Crippen molar-refractivity contribution < 1.29 is 9.52 Å². The van der Waals surface area contributed by atoms with Gasteiger partial charge in [0, 0.05) is 11.8 Å². The maximum Gasteiger partial charge on any atom is 0.228 e. The smallest absolute Gasteiger partial charge is 0.228 e. The summed E-state index contributed by atoms with van der Waals surface area (Å²) < 4.78 is 6.50. The fourth-order valence-electron chi connectivity index (χ4n) is 2.91. The maximum absolute atomic E-state index is 10.2. The molecule has 0 aliphatic heterocycles. The molecule has 1 N–H and O–H groups in total. The zero-order chi connectivity index (χ0) is 19.8. The van der Waals surface area contributed by atoms with Crippen LogP contribution in [0.5, 0.6) is 5.75 Å². The number of phenolic OH excluding ortho intramolecular Hbond substituents is 1. The minimum Gasteiger partial charge on any atom is -0.506 e. The third-order valence-corrected chi connectivity index (χ3v) is 5.25. The monoisotopic (exact) mass is 454 g/mol. The molecule has 1 aromatic heterocycles. The number of rotatable bonds is 3. The summed E-state index contributed by atoms with van der Waals surface area (Å²) in [5, 5.41) is 10.7. The van der Waals surface area contributed by atoms with Gasteiger partial charge in [-0.2, -0.15) is 0 Å². The topological polar surface area (TPSA) is 58.6 Å². The van der Waals surface area contributed by atoms with Crippen LogP contribution in [0.15, 0.2) is 62.4 Å². The highest BCUT2D eigenvalue weighted by atomic mass is 79.9. The number of aliphatic imine (C=N–C) groups is 1. The molecule has 0 radical (unpaired) electrons. The average Bonchev–Trinajstić information content (AvgIpc) is 3.07. The second-order valence-electron chi connectivity index (χ2n) is 6.60. The molecule has 0 saturated carbocycles. The first-order chi connectivity index (χ1) is 13.4. The molecule has 4 nitrogen and oxygen atoms in total. The fourth-order valence-corrected chi connectivity index (χ4v) is 3.70. The molecule has 0 atom stereocenters. The molecular formula is C22H16BrClN2O2. The van der Waals surface area contributed by atoms with E-state index >= 15 is 0 Å². The van der Waals surface area contributed by atoms with Crippen molar-refractivity contribution in [1.29, 1.82) is 0 Å². The molecule has 0 unspecified atom stereocenters. The molecule has 0 aliphatic carbocycles. The summed E-state index contributed by atoms with van der Waals surface area (Å²) in [5.74, 6) is 0.599. The Morgan fingerprint density at radius 2 is 1.89 bits per heavy atom. The van der Waals surface area contributed by atoms with Crippen molar-refractivity contribution >= 4 is 50.5 Å². The normalized spacial score (nSPS) is 11.6. The van der Waals surface area contributed by atoms with Gasteiger partial charge < -0.3 is 9.52 Å². The summed E-state index contributed by atoms with van der Waals surface area (Å²) >= 11 is 9.72. The van der Waals surface area contributed by atoms with Crippen LogP contribution in [0, 0.1) is 13.8 Å². The van der Waals surface area contributed by atoms with Crippen molar-refractivity contribution in [3.05, 3.63) is 74.7 Å². The van der Waals surface area contributed by atoms with Crippen molar-refractivity contribution in [1.82, 2.24) is 4.98 Å². The second-order valence-corrected chi connectivity index (χ2v) is 7.86. The molecule has 4 aromatic rings. The Labute approximate surface area is 175 Å². The number of aromatic hydroxyl groups is 1. The summed E-state index contributed by atoms with van der Waals surface area (Å²) in [5.41, 5.74) is 5.59. The SMILES string of the molecule is Cc1cc(Br)c(O)c(C=Nc2ccc(Cl)c(-c3nc4cc(C)ccc4o3)c2)c1. The lowest BCUT2D eigenvalue weighted by Gasteiger charge is -2.04. The lowest BCUT2D eigenvalue weighted by Crippen LogP contribution is -1.86. The molecule has 28 heavy (non-hydrogen) atoms. The molecule has 3 aromatic carbocycles. The van der Waals surface area contributed by atoms with Crippen molar-refractivity contribution in [2.24, 2.45) is 4.99 Å². The quantitative estimate of drug-likeness (QED) is 0.339. The molecule has 6 heteroatoms. The van der Waals surface area contributed by atoms with Crippen LogP contribution in [0.4, 0.5) is 5.69 Å². The summed E-state index contributed by atoms with van der Waals surface area (Å²) in [7, 11) is 0. The lowest BCUT2D eigenvalue weighted by atomic mass is 10.1. The van der Waals surface area contributed by atoms with Crippen molar-refractivity contribution in [3.8, 4) is 17.2 Å². The summed E-state index contributed by atoms with van der Waals surface area (Å²) in [6.07, 6.45) is 1.62. The Kier molecular flexibility index (Phi) is 4.96. The number of hydrogen-bond acceptors (Lipinski definition) is 4. The van der Waals surface area contributed by atoms with Gasteiger partial charge in [0.05, 0.1) is 20.7 Å². The molecule has 4 rings (SSSR count). The van der Waals surface area contributed by atoms with Crippen LogP contribution in [0.1, 0.15) is 16.7 Å². The molecule has 1 heterocycles. The van der Waals surface area contributed by atoms with E-state index < -0.39 is 0 Å². The Morgan fingerprint density at radius 3 is 2.71 bits per heavy atom. The van der Waals surface area contributed by atoms with Gasteiger partial charge in [-0.15, -0.1) is 0 Å². The van der Waals surface area contributed by atoms with Crippen LogP contribution in [-0.4, -0.2) is 16.3 Å². The van der Waals surface area contributed by atoms with Gasteiger partial charge in [-0.1, -0.05) is 17.7 Å². The van der Waals surface area contributed by atoms with E-state index in [1.54, 1.807) is 18.3 Å².